The fourth-order valence-corrected chi connectivity index (χ4v) is 4.86. The summed E-state index contributed by atoms with van der Waals surface area (Å²) in [6, 6.07) is 10.3. The van der Waals surface area contributed by atoms with E-state index in [0.717, 1.165) is 12.2 Å². The van der Waals surface area contributed by atoms with Gasteiger partial charge >= 0.3 is 0 Å². The van der Waals surface area contributed by atoms with E-state index in [4.69, 9.17) is 4.74 Å². The molecule has 4 atom stereocenters. The van der Waals surface area contributed by atoms with Crippen LogP contribution in [0.1, 0.15) is 18.4 Å². The van der Waals surface area contributed by atoms with Crippen LogP contribution < -0.4 is 0 Å². The Morgan fingerprint density at radius 3 is 2.84 bits per heavy atom. The van der Waals surface area contributed by atoms with Crippen molar-refractivity contribution in [2.75, 3.05) is 13.2 Å². The molecule has 1 aliphatic heterocycles. The Morgan fingerprint density at radius 2 is 2.05 bits per heavy atom. The lowest BCUT2D eigenvalue weighted by Gasteiger charge is -2.41. The third-order valence-electron chi connectivity index (χ3n) is 4.37. The van der Waals surface area contributed by atoms with Gasteiger partial charge in [0.25, 0.3) is 0 Å². The van der Waals surface area contributed by atoms with Gasteiger partial charge in [-0.2, -0.15) is 0 Å². The van der Waals surface area contributed by atoms with Crippen LogP contribution >= 0.6 is 11.8 Å². The van der Waals surface area contributed by atoms with E-state index in [-0.39, 0.29) is 16.8 Å². The van der Waals surface area contributed by atoms with E-state index in [1.165, 1.54) is 5.56 Å². The van der Waals surface area contributed by atoms with Crippen molar-refractivity contribution >= 4 is 11.8 Å². The predicted octanol–water partition coefficient (Wildman–Crippen LogP) is 1.82. The highest BCUT2D eigenvalue weighted by Crippen LogP contribution is 2.50. The fraction of sp³-hybridized carbons (Fsp3) is 0.600. The van der Waals surface area contributed by atoms with Gasteiger partial charge in [0.1, 0.15) is 0 Å². The molecule has 2 fully saturated rings. The molecule has 3 nitrogen and oxygen atoms in total. The third-order valence-corrected chi connectivity index (χ3v) is 6.08. The molecule has 104 valence electrons. The average molecular weight is 280 g/mol. The lowest BCUT2D eigenvalue weighted by Crippen LogP contribution is -2.49. The van der Waals surface area contributed by atoms with Crippen molar-refractivity contribution in [1.29, 1.82) is 0 Å². The first-order chi connectivity index (χ1) is 9.22. The average Bonchev–Trinajstić information content (AvgIpc) is 2.70. The number of rotatable bonds is 3. The predicted molar refractivity (Wildman–Crippen MR) is 76.0 cm³/mol. The second kappa shape index (κ2) is 5.44. The molecule has 1 saturated carbocycles. The molecule has 0 radical (unpaired) electrons. The van der Waals surface area contributed by atoms with Crippen LogP contribution in [0.5, 0.6) is 0 Å². The minimum atomic E-state index is -0.471. The number of fused-ring (bicyclic) bond motifs is 1. The number of aliphatic hydroxyl groups excluding tert-OH is 2. The van der Waals surface area contributed by atoms with Gasteiger partial charge in [0, 0.05) is 24.7 Å². The maximum Gasteiger partial charge on any atom is 0.0737 e. The van der Waals surface area contributed by atoms with Crippen LogP contribution in [0, 0.1) is 5.92 Å². The summed E-state index contributed by atoms with van der Waals surface area (Å²) >= 11 is 1.75. The number of thioether (sulfide) groups is 1. The van der Waals surface area contributed by atoms with E-state index in [1.54, 1.807) is 11.8 Å². The first kappa shape index (κ1) is 13.4. The summed E-state index contributed by atoms with van der Waals surface area (Å²) in [6.45, 7) is 1.25. The van der Waals surface area contributed by atoms with E-state index in [1.807, 2.05) is 18.2 Å². The van der Waals surface area contributed by atoms with Gasteiger partial charge in [-0.15, -0.1) is 11.8 Å². The molecular weight excluding hydrogens is 260 g/mol. The van der Waals surface area contributed by atoms with Crippen molar-refractivity contribution in [1.82, 2.24) is 0 Å². The van der Waals surface area contributed by atoms with Gasteiger partial charge in [0.15, 0.2) is 0 Å². The van der Waals surface area contributed by atoms with Gasteiger partial charge in [0.05, 0.1) is 23.6 Å². The zero-order chi connectivity index (χ0) is 13.3. The van der Waals surface area contributed by atoms with Gasteiger partial charge in [-0.25, -0.2) is 0 Å². The van der Waals surface area contributed by atoms with Crippen molar-refractivity contribution < 1.29 is 14.9 Å². The van der Waals surface area contributed by atoms with Crippen molar-refractivity contribution in [3.05, 3.63) is 35.9 Å². The Hall–Kier alpha value is -0.550. The molecule has 1 aliphatic carbocycles. The Morgan fingerprint density at radius 1 is 1.26 bits per heavy atom. The zero-order valence-electron chi connectivity index (χ0n) is 10.9. The lowest BCUT2D eigenvalue weighted by molar-refractivity contribution is -0.00771. The van der Waals surface area contributed by atoms with Gasteiger partial charge < -0.3 is 14.9 Å². The number of ether oxygens (including phenoxy) is 1. The molecule has 2 unspecified atom stereocenters. The van der Waals surface area contributed by atoms with Crippen molar-refractivity contribution in [2.24, 2.45) is 5.92 Å². The van der Waals surface area contributed by atoms with E-state index >= 15 is 0 Å². The van der Waals surface area contributed by atoms with E-state index in [9.17, 15) is 10.2 Å². The molecular formula is C15H20O3S. The Bertz CT molecular complexity index is 425. The van der Waals surface area contributed by atoms with Crippen molar-refractivity contribution in [2.45, 2.75) is 35.5 Å². The smallest absolute Gasteiger partial charge is 0.0737 e. The van der Waals surface area contributed by atoms with E-state index < -0.39 is 6.10 Å². The molecule has 2 aliphatic rings. The zero-order valence-corrected chi connectivity index (χ0v) is 11.7. The molecule has 1 saturated heterocycles. The number of hydrogen-bond acceptors (Lipinski definition) is 4. The van der Waals surface area contributed by atoms with Crippen LogP contribution in [0.4, 0.5) is 0 Å². The highest BCUT2D eigenvalue weighted by molar-refractivity contribution is 8.00. The number of hydrogen-bond donors (Lipinski definition) is 2. The molecule has 2 N–H and O–H groups in total. The first-order valence-electron chi connectivity index (χ1n) is 6.84. The second-order valence-corrected chi connectivity index (χ2v) is 6.83. The molecule has 1 aromatic carbocycles. The summed E-state index contributed by atoms with van der Waals surface area (Å²) in [6.07, 6.45) is 0.472. The van der Waals surface area contributed by atoms with Crippen LogP contribution in [0.25, 0.3) is 0 Å². The summed E-state index contributed by atoms with van der Waals surface area (Å²) in [5, 5.41) is 20.5. The van der Waals surface area contributed by atoms with Gasteiger partial charge in [-0.1, -0.05) is 30.3 Å². The summed E-state index contributed by atoms with van der Waals surface area (Å²) in [7, 11) is 0. The largest absolute Gasteiger partial charge is 0.393 e. The molecule has 0 amide bonds. The molecule has 0 spiro atoms. The molecule has 4 heteroatoms. The maximum atomic E-state index is 10.4. The summed E-state index contributed by atoms with van der Waals surface area (Å²) < 4.78 is 5.28. The minimum absolute atomic E-state index is 0.157. The minimum Gasteiger partial charge on any atom is -0.393 e. The van der Waals surface area contributed by atoms with Gasteiger partial charge in [0.2, 0.25) is 0 Å². The monoisotopic (exact) mass is 280 g/mol. The Kier molecular flexibility index (Phi) is 3.85. The molecule has 19 heavy (non-hydrogen) atoms. The molecule has 1 heterocycles. The van der Waals surface area contributed by atoms with E-state index in [2.05, 4.69) is 12.1 Å². The normalized spacial score (nSPS) is 38.1. The summed E-state index contributed by atoms with van der Waals surface area (Å²) in [5.41, 5.74) is 1.25. The molecule has 0 bridgehead atoms. The van der Waals surface area contributed by atoms with Crippen LogP contribution in [-0.4, -0.2) is 40.4 Å². The SMILES string of the molecule is O[C@@H]1C[C@@H](O)C2(SCc3ccccc3)COCCC12. The third kappa shape index (κ3) is 2.42. The molecule has 3 rings (SSSR count). The fourth-order valence-electron chi connectivity index (χ4n) is 3.28. The Balaban J connectivity index is 1.76. The number of aliphatic hydroxyl groups is 2. The summed E-state index contributed by atoms with van der Waals surface area (Å²) in [4.78, 5) is 0. The van der Waals surface area contributed by atoms with E-state index in [0.29, 0.717) is 19.6 Å². The van der Waals surface area contributed by atoms with Crippen LogP contribution in [0.3, 0.4) is 0 Å². The summed E-state index contributed by atoms with van der Waals surface area (Å²) in [5.74, 6) is 1.01. The molecule has 1 aromatic rings. The second-order valence-electron chi connectivity index (χ2n) is 5.50. The van der Waals surface area contributed by atoms with Crippen molar-refractivity contribution in [3.8, 4) is 0 Å². The maximum absolute atomic E-state index is 10.4. The van der Waals surface area contributed by atoms with Crippen LogP contribution in [0.15, 0.2) is 30.3 Å². The van der Waals surface area contributed by atoms with Crippen LogP contribution in [-0.2, 0) is 10.5 Å². The van der Waals surface area contributed by atoms with Gasteiger partial charge in [-0.3, -0.25) is 0 Å². The standard InChI is InChI=1S/C15H20O3S/c16-13-8-14(17)15(10-18-7-6-12(13)15)19-9-11-4-2-1-3-5-11/h1-5,12-14,16-17H,6-10H2/t12?,13-,14-,15?/m1/s1. The van der Waals surface area contributed by atoms with Gasteiger partial charge in [-0.05, 0) is 12.0 Å². The first-order valence-corrected chi connectivity index (χ1v) is 7.83. The van der Waals surface area contributed by atoms with Crippen LogP contribution in [0.2, 0.25) is 0 Å². The molecule has 0 aromatic heterocycles. The Labute approximate surface area is 118 Å². The highest BCUT2D eigenvalue weighted by Gasteiger charge is 2.56. The lowest BCUT2D eigenvalue weighted by atomic mass is 9.89. The number of benzene rings is 1. The topological polar surface area (TPSA) is 49.7 Å². The quantitative estimate of drug-likeness (QED) is 0.887. The highest BCUT2D eigenvalue weighted by atomic mass is 32.2. The van der Waals surface area contributed by atoms with Crippen molar-refractivity contribution in [3.63, 3.8) is 0 Å².